The average molecular weight is 445 g/mol. The molecule has 0 saturated carbocycles. The topological polar surface area (TPSA) is 59.8 Å². The van der Waals surface area contributed by atoms with E-state index in [9.17, 15) is 9.18 Å². The molecular formula is C22H25FN4OS2. The minimum absolute atomic E-state index is 0.162. The Morgan fingerprint density at radius 2 is 2.20 bits per heavy atom. The largest absolute Gasteiger partial charge is 0.351 e. The van der Waals surface area contributed by atoms with Gasteiger partial charge in [0.05, 0.1) is 10.6 Å². The van der Waals surface area contributed by atoms with Gasteiger partial charge in [-0.15, -0.1) is 21.5 Å². The number of hydrogen-bond donors (Lipinski definition) is 1. The van der Waals surface area contributed by atoms with Crippen LogP contribution in [-0.4, -0.2) is 26.4 Å². The van der Waals surface area contributed by atoms with Crippen LogP contribution in [0.2, 0.25) is 0 Å². The Bertz CT molecular complexity index is 1050. The first-order chi connectivity index (χ1) is 14.5. The van der Waals surface area contributed by atoms with E-state index >= 15 is 0 Å². The predicted octanol–water partition coefficient (Wildman–Crippen LogP) is 4.61. The molecular weight excluding hydrogens is 419 g/mol. The Balaban J connectivity index is 1.36. The summed E-state index contributed by atoms with van der Waals surface area (Å²) in [6, 6.07) is 8.71. The number of aromatic nitrogens is 3. The number of halogens is 1. The zero-order valence-electron chi connectivity index (χ0n) is 17.2. The molecule has 8 heteroatoms. The molecule has 158 valence electrons. The average Bonchev–Trinajstić information content (AvgIpc) is 3.33. The molecule has 4 rings (SSSR count). The molecule has 0 radical (unpaired) electrons. The summed E-state index contributed by atoms with van der Waals surface area (Å²) in [7, 11) is 1.93. The third-order valence-electron chi connectivity index (χ3n) is 5.58. The number of benzene rings is 1. The number of carbonyl (C=O) groups excluding carboxylic acids is 1. The van der Waals surface area contributed by atoms with E-state index in [1.54, 1.807) is 18.2 Å². The molecule has 1 amide bonds. The van der Waals surface area contributed by atoms with Gasteiger partial charge in [-0.1, -0.05) is 43.3 Å². The maximum absolute atomic E-state index is 13.7. The van der Waals surface area contributed by atoms with Crippen molar-refractivity contribution < 1.29 is 9.18 Å². The molecule has 3 aromatic rings. The smallest absolute Gasteiger partial charge is 0.230 e. The number of thiophene rings is 1. The molecule has 0 saturated heterocycles. The fourth-order valence-corrected chi connectivity index (χ4v) is 5.70. The summed E-state index contributed by atoms with van der Waals surface area (Å²) >= 11 is 3.15. The number of hydrogen-bond acceptors (Lipinski definition) is 5. The fraction of sp³-hybridized carbons (Fsp3) is 0.409. The van der Waals surface area contributed by atoms with E-state index < -0.39 is 0 Å². The summed E-state index contributed by atoms with van der Waals surface area (Å²) in [4.78, 5) is 14.8. The van der Waals surface area contributed by atoms with E-state index in [0.717, 1.165) is 29.5 Å². The summed E-state index contributed by atoms with van der Waals surface area (Å²) in [5.41, 5.74) is 1.93. The highest BCUT2D eigenvalue weighted by molar-refractivity contribution is 7.99. The number of nitrogens with one attached hydrogen (secondary N) is 1. The third kappa shape index (κ3) is 4.59. The number of aryl methyl sites for hydroxylation is 1. The van der Waals surface area contributed by atoms with Gasteiger partial charge in [0.15, 0.2) is 11.0 Å². The van der Waals surface area contributed by atoms with Crippen molar-refractivity contribution in [2.75, 3.05) is 5.75 Å². The van der Waals surface area contributed by atoms with Crippen molar-refractivity contribution in [3.8, 4) is 10.7 Å². The van der Waals surface area contributed by atoms with E-state index in [0.29, 0.717) is 10.7 Å². The first-order valence-corrected chi connectivity index (χ1v) is 12.0. The summed E-state index contributed by atoms with van der Waals surface area (Å²) in [5, 5.41) is 12.1. The van der Waals surface area contributed by atoms with Crippen molar-refractivity contribution in [3.63, 3.8) is 0 Å². The lowest BCUT2D eigenvalue weighted by molar-refractivity contribution is -0.118. The van der Waals surface area contributed by atoms with Crippen molar-refractivity contribution in [2.45, 2.75) is 44.3 Å². The standard InChI is InChI=1S/C22H25FN4OS2/c1-3-14-8-9-18-16(10-14)11-19(30-18)21-25-26-22(27(21)2)29-13-20(28)24-12-15-6-4-5-7-17(15)23/h4-7,11,14H,3,8-10,12-13H2,1-2H3,(H,24,28). The highest BCUT2D eigenvalue weighted by Gasteiger charge is 2.22. The van der Waals surface area contributed by atoms with Gasteiger partial charge in [0.2, 0.25) is 5.91 Å². The number of amides is 1. The molecule has 1 atom stereocenters. The Labute approximate surface area is 184 Å². The molecule has 0 fully saturated rings. The minimum Gasteiger partial charge on any atom is -0.351 e. The second kappa shape index (κ2) is 9.31. The van der Waals surface area contributed by atoms with Crippen molar-refractivity contribution in [1.29, 1.82) is 0 Å². The summed E-state index contributed by atoms with van der Waals surface area (Å²) in [6.07, 6.45) is 4.81. The minimum atomic E-state index is -0.313. The number of fused-ring (bicyclic) bond motifs is 1. The lowest BCUT2D eigenvalue weighted by atomic mass is 9.87. The Morgan fingerprint density at radius 1 is 1.37 bits per heavy atom. The zero-order chi connectivity index (χ0) is 21.1. The number of rotatable bonds is 7. The van der Waals surface area contributed by atoms with Crippen LogP contribution in [-0.2, 0) is 31.2 Å². The molecule has 1 aromatic carbocycles. The highest BCUT2D eigenvalue weighted by atomic mass is 32.2. The molecule has 2 aromatic heterocycles. The van der Waals surface area contributed by atoms with Crippen LogP contribution >= 0.6 is 23.1 Å². The Hall–Kier alpha value is -2.19. The van der Waals surface area contributed by atoms with Crippen LogP contribution in [0.3, 0.4) is 0 Å². The first-order valence-electron chi connectivity index (χ1n) is 10.2. The molecule has 1 aliphatic carbocycles. The Kier molecular flexibility index (Phi) is 6.53. The van der Waals surface area contributed by atoms with E-state index in [4.69, 9.17) is 0 Å². The summed E-state index contributed by atoms with van der Waals surface area (Å²) in [5.74, 6) is 1.36. The van der Waals surface area contributed by atoms with Gasteiger partial charge in [-0.25, -0.2) is 4.39 Å². The van der Waals surface area contributed by atoms with Crippen LogP contribution in [0.4, 0.5) is 4.39 Å². The maximum Gasteiger partial charge on any atom is 0.230 e. The molecule has 0 bridgehead atoms. The van der Waals surface area contributed by atoms with Gasteiger partial charge in [-0.2, -0.15) is 0 Å². The molecule has 1 aliphatic rings. The molecule has 0 spiro atoms. The normalized spacial score (nSPS) is 15.8. The lowest BCUT2D eigenvalue weighted by Crippen LogP contribution is -2.25. The molecule has 0 aliphatic heterocycles. The van der Waals surface area contributed by atoms with Gasteiger partial charge in [0, 0.05) is 24.0 Å². The van der Waals surface area contributed by atoms with Crippen molar-refractivity contribution >= 4 is 29.0 Å². The third-order valence-corrected chi connectivity index (χ3v) is 7.84. The monoisotopic (exact) mass is 444 g/mol. The van der Waals surface area contributed by atoms with Gasteiger partial charge < -0.3 is 9.88 Å². The lowest BCUT2D eigenvalue weighted by Gasteiger charge is -2.19. The van der Waals surface area contributed by atoms with Gasteiger partial charge in [-0.3, -0.25) is 4.79 Å². The van der Waals surface area contributed by atoms with Gasteiger partial charge in [0.25, 0.3) is 0 Å². The SMILES string of the molecule is CCC1CCc2sc(-c3nnc(SCC(=O)NCc4ccccc4F)n3C)cc2C1. The van der Waals surface area contributed by atoms with Crippen LogP contribution in [0.1, 0.15) is 35.8 Å². The second-order valence-electron chi connectivity index (χ2n) is 7.60. The van der Waals surface area contributed by atoms with E-state index in [1.807, 2.05) is 23.0 Å². The fourth-order valence-electron chi connectivity index (χ4n) is 3.73. The van der Waals surface area contributed by atoms with Crippen molar-refractivity contribution in [3.05, 3.63) is 52.2 Å². The molecule has 5 nitrogen and oxygen atoms in total. The van der Waals surface area contributed by atoms with Crippen LogP contribution < -0.4 is 5.32 Å². The predicted molar refractivity (Wildman–Crippen MR) is 119 cm³/mol. The Morgan fingerprint density at radius 3 is 3.00 bits per heavy atom. The zero-order valence-corrected chi connectivity index (χ0v) is 18.8. The van der Waals surface area contributed by atoms with Gasteiger partial charge in [0.1, 0.15) is 5.82 Å². The quantitative estimate of drug-likeness (QED) is 0.541. The van der Waals surface area contributed by atoms with E-state index in [1.165, 1.54) is 41.1 Å². The van der Waals surface area contributed by atoms with Crippen LogP contribution in [0.5, 0.6) is 0 Å². The van der Waals surface area contributed by atoms with Gasteiger partial charge in [-0.05, 0) is 42.9 Å². The van der Waals surface area contributed by atoms with Crippen molar-refractivity contribution in [1.82, 2.24) is 20.1 Å². The maximum atomic E-state index is 13.7. The van der Waals surface area contributed by atoms with Crippen LogP contribution in [0.25, 0.3) is 10.7 Å². The summed E-state index contributed by atoms with van der Waals surface area (Å²) < 4.78 is 15.6. The van der Waals surface area contributed by atoms with E-state index in [-0.39, 0.29) is 24.0 Å². The molecule has 2 heterocycles. The van der Waals surface area contributed by atoms with Crippen LogP contribution in [0, 0.1) is 11.7 Å². The first kappa shape index (κ1) is 21.1. The number of thioether (sulfide) groups is 1. The summed E-state index contributed by atoms with van der Waals surface area (Å²) in [6.45, 7) is 2.44. The van der Waals surface area contributed by atoms with E-state index in [2.05, 4.69) is 28.5 Å². The highest BCUT2D eigenvalue weighted by Crippen LogP contribution is 2.37. The number of nitrogens with zero attached hydrogens (tertiary/aromatic N) is 3. The van der Waals surface area contributed by atoms with Gasteiger partial charge >= 0.3 is 0 Å². The van der Waals surface area contributed by atoms with Crippen molar-refractivity contribution in [2.24, 2.45) is 13.0 Å². The van der Waals surface area contributed by atoms with Crippen LogP contribution in [0.15, 0.2) is 35.5 Å². The molecule has 1 N–H and O–H groups in total. The number of carbonyl (C=O) groups is 1. The molecule has 30 heavy (non-hydrogen) atoms. The molecule has 1 unspecified atom stereocenters. The second-order valence-corrected chi connectivity index (χ2v) is 9.68.